The maximum absolute atomic E-state index is 12.3. The number of amides is 1. The first-order valence-electron chi connectivity index (χ1n) is 10.6. The lowest BCUT2D eigenvalue weighted by Crippen LogP contribution is -2.28. The van der Waals surface area contributed by atoms with Gasteiger partial charge in [0, 0.05) is 18.5 Å². The van der Waals surface area contributed by atoms with Gasteiger partial charge < -0.3 is 14.8 Å². The highest BCUT2D eigenvalue weighted by molar-refractivity contribution is 7.71. The van der Waals surface area contributed by atoms with E-state index >= 15 is 0 Å². The second kappa shape index (κ2) is 10.5. The third-order valence-electron chi connectivity index (χ3n) is 5.08. The number of carbonyl (C=O) groups excluding carboxylic acids is 1. The van der Waals surface area contributed by atoms with Crippen LogP contribution in [0.4, 0.5) is 0 Å². The Bertz CT molecular complexity index is 1080. The third-order valence-corrected chi connectivity index (χ3v) is 5.39. The molecular weight excluding hydrogens is 424 g/mol. The highest BCUT2D eigenvalue weighted by atomic mass is 32.1. The molecule has 0 aliphatic carbocycles. The highest BCUT2D eigenvalue weighted by Gasteiger charge is 2.13. The summed E-state index contributed by atoms with van der Waals surface area (Å²) in [6.07, 6.45) is 0.289. The number of nitrogens with one attached hydrogen (secondary N) is 2. The summed E-state index contributed by atoms with van der Waals surface area (Å²) in [4.78, 5) is 12.3. The van der Waals surface area contributed by atoms with Gasteiger partial charge in [0.2, 0.25) is 5.91 Å². The van der Waals surface area contributed by atoms with Crippen molar-refractivity contribution in [2.24, 2.45) is 0 Å². The van der Waals surface area contributed by atoms with E-state index in [1.165, 1.54) is 5.56 Å². The van der Waals surface area contributed by atoms with E-state index in [0.29, 0.717) is 30.3 Å². The van der Waals surface area contributed by atoms with E-state index in [-0.39, 0.29) is 17.7 Å². The lowest BCUT2D eigenvalue weighted by atomic mass is 9.87. The Hall–Kier alpha value is -3.13. The summed E-state index contributed by atoms with van der Waals surface area (Å²) in [5, 5.41) is 9.99. The zero-order valence-electron chi connectivity index (χ0n) is 19.0. The van der Waals surface area contributed by atoms with Crippen molar-refractivity contribution in [1.82, 2.24) is 20.1 Å². The number of H-pyrrole nitrogens is 1. The first-order chi connectivity index (χ1) is 15.3. The van der Waals surface area contributed by atoms with Crippen molar-refractivity contribution in [2.75, 3.05) is 20.3 Å². The fourth-order valence-electron chi connectivity index (χ4n) is 3.20. The minimum atomic E-state index is -0.0690. The van der Waals surface area contributed by atoms with Crippen LogP contribution < -0.4 is 14.8 Å². The van der Waals surface area contributed by atoms with Crippen molar-refractivity contribution in [2.45, 2.75) is 39.2 Å². The first kappa shape index (κ1) is 23.5. The molecule has 32 heavy (non-hydrogen) atoms. The number of carbonyl (C=O) groups is 1. The molecule has 0 atom stereocenters. The molecule has 0 saturated carbocycles. The number of rotatable bonds is 9. The lowest BCUT2D eigenvalue weighted by Gasteiger charge is -2.19. The van der Waals surface area contributed by atoms with E-state index in [2.05, 4.69) is 48.4 Å². The van der Waals surface area contributed by atoms with E-state index in [0.717, 1.165) is 17.1 Å². The van der Waals surface area contributed by atoms with Crippen molar-refractivity contribution < 1.29 is 14.3 Å². The number of methoxy groups -OCH3 is 1. The molecule has 2 aromatic carbocycles. The minimum absolute atomic E-state index is 0.0690. The van der Waals surface area contributed by atoms with Gasteiger partial charge in [0.05, 0.1) is 13.7 Å². The SMILES string of the molecule is COc1ccc(-c2n[nH]c(=S)n2CCC(=O)NCCOc2ccc(C(C)(C)C)cc2)cc1. The second-order valence-corrected chi connectivity index (χ2v) is 8.84. The van der Waals surface area contributed by atoms with Gasteiger partial charge in [0.25, 0.3) is 0 Å². The van der Waals surface area contributed by atoms with Crippen LogP contribution in [-0.4, -0.2) is 40.9 Å². The number of ether oxygens (including phenoxy) is 2. The zero-order valence-corrected chi connectivity index (χ0v) is 19.8. The lowest BCUT2D eigenvalue weighted by molar-refractivity contribution is -0.121. The van der Waals surface area contributed by atoms with Crippen molar-refractivity contribution >= 4 is 18.1 Å². The molecule has 0 fully saturated rings. The number of hydrogen-bond acceptors (Lipinski definition) is 5. The molecule has 0 aliphatic rings. The fourth-order valence-corrected chi connectivity index (χ4v) is 3.42. The summed E-state index contributed by atoms with van der Waals surface area (Å²) < 4.78 is 13.2. The standard InChI is InChI=1S/C24H30N4O3S/c1-24(2,3)18-7-11-20(12-8-18)31-16-14-25-21(29)13-15-28-22(26-27-23(28)32)17-5-9-19(30-4)10-6-17/h5-12H,13-16H2,1-4H3,(H,25,29)(H,27,32). The van der Waals surface area contributed by atoms with Crippen LogP contribution in [-0.2, 0) is 16.8 Å². The van der Waals surface area contributed by atoms with E-state index in [1.54, 1.807) is 7.11 Å². The van der Waals surface area contributed by atoms with Gasteiger partial charge >= 0.3 is 0 Å². The molecule has 0 radical (unpaired) electrons. The van der Waals surface area contributed by atoms with E-state index in [9.17, 15) is 4.79 Å². The van der Waals surface area contributed by atoms with Crippen molar-refractivity contribution in [3.05, 3.63) is 58.9 Å². The molecule has 8 heteroatoms. The molecule has 170 valence electrons. The molecule has 2 N–H and O–H groups in total. The van der Waals surface area contributed by atoms with E-state index < -0.39 is 0 Å². The highest BCUT2D eigenvalue weighted by Crippen LogP contribution is 2.24. The minimum Gasteiger partial charge on any atom is -0.497 e. The van der Waals surface area contributed by atoms with Gasteiger partial charge in [-0.3, -0.25) is 14.5 Å². The smallest absolute Gasteiger partial charge is 0.221 e. The summed E-state index contributed by atoms with van der Waals surface area (Å²) in [5.41, 5.74) is 2.26. The molecule has 0 spiro atoms. The molecule has 3 rings (SSSR count). The maximum atomic E-state index is 12.3. The quantitative estimate of drug-likeness (QED) is 0.368. The largest absolute Gasteiger partial charge is 0.497 e. The van der Waals surface area contributed by atoms with Crippen molar-refractivity contribution in [3.63, 3.8) is 0 Å². The molecule has 1 heterocycles. The van der Waals surface area contributed by atoms with Crippen LogP contribution in [0, 0.1) is 4.77 Å². The summed E-state index contributed by atoms with van der Waals surface area (Å²) in [6, 6.07) is 15.6. The Morgan fingerprint density at radius 2 is 1.75 bits per heavy atom. The van der Waals surface area contributed by atoms with E-state index in [4.69, 9.17) is 21.7 Å². The normalized spacial score (nSPS) is 11.2. The monoisotopic (exact) mass is 454 g/mol. The number of hydrogen-bond donors (Lipinski definition) is 2. The van der Waals surface area contributed by atoms with Crippen molar-refractivity contribution in [1.29, 1.82) is 0 Å². The van der Waals surface area contributed by atoms with Crippen LogP contribution in [0.5, 0.6) is 11.5 Å². The van der Waals surface area contributed by atoms with Gasteiger partial charge in [-0.15, -0.1) is 0 Å². The Labute approximate surface area is 193 Å². The predicted octanol–water partition coefficient (Wildman–Crippen LogP) is 4.50. The van der Waals surface area contributed by atoms with Gasteiger partial charge in [0.1, 0.15) is 18.1 Å². The maximum Gasteiger partial charge on any atom is 0.221 e. The molecule has 3 aromatic rings. The third kappa shape index (κ3) is 6.20. The van der Waals surface area contributed by atoms with Crippen LogP contribution in [0.15, 0.2) is 48.5 Å². The van der Waals surface area contributed by atoms with E-state index in [1.807, 2.05) is 41.0 Å². The van der Waals surface area contributed by atoms with Gasteiger partial charge in [-0.1, -0.05) is 32.9 Å². The number of aromatic amines is 1. The van der Waals surface area contributed by atoms with Gasteiger partial charge in [-0.2, -0.15) is 5.10 Å². The molecule has 0 saturated heterocycles. The number of nitrogens with zero attached hydrogens (tertiary/aromatic N) is 2. The summed E-state index contributed by atoms with van der Waals surface area (Å²) in [6.45, 7) is 7.79. The van der Waals surface area contributed by atoms with Gasteiger partial charge in [-0.25, -0.2) is 0 Å². The van der Waals surface area contributed by atoms with Crippen LogP contribution in [0.1, 0.15) is 32.8 Å². The average molecular weight is 455 g/mol. The predicted molar refractivity (Wildman–Crippen MR) is 128 cm³/mol. The van der Waals surface area contributed by atoms with Gasteiger partial charge in [0.15, 0.2) is 10.6 Å². The molecule has 1 aromatic heterocycles. The van der Waals surface area contributed by atoms with Gasteiger partial charge in [-0.05, 0) is 59.6 Å². The summed E-state index contributed by atoms with van der Waals surface area (Å²) >= 11 is 5.33. The molecule has 0 unspecified atom stereocenters. The number of benzene rings is 2. The molecule has 0 aliphatic heterocycles. The molecule has 7 nitrogen and oxygen atoms in total. The number of aromatic nitrogens is 3. The zero-order chi connectivity index (χ0) is 23.1. The first-order valence-corrected chi connectivity index (χ1v) is 11.0. The van der Waals surface area contributed by atoms with Crippen LogP contribution in [0.3, 0.4) is 0 Å². The Morgan fingerprint density at radius 3 is 2.38 bits per heavy atom. The van der Waals surface area contributed by atoms with Crippen LogP contribution >= 0.6 is 12.2 Å². The average Bonchev–Trinajstić information content (AvgIpc) is 3.15. The van der Waals surface area contributed by atoms with Crippen LogP contribution in [0.25, 0.3) is 11.4 Å². The molecule has 1 amide bonds. The van der Waals surface area contributed by atoms with Crippen molar-refractivity contribution in [3.8, 4) is 22.9 Å². The molecule has 0 bridgehead atoms. The van der Waals surface area contributed by atoms with Crippen LogP contribution in [0.2, 0.25) is 0 Å². The Morgan fingerprint density at radius 1 is 1.09 bits per heavy atom. The second-order valence-electron chi connectivity index (χ2n) is 8.46. The summed E-state index contributed by atoms with van der Waals surface area (Å²) in [5.74, 6) is 2.18. The topological polar surface area (TPSA) is 81.2 Å². The summed E-state index contributed by atoms with van der Waals surface area (Å²) in [7, 11) is 1.62. The Balaban J connectivity index is 1.46. The Kier molecular flexibility index (Phi) is 7.69. The fraction of sp³-hybridized carbons (Fsp3) is 0.375. The molecular formula is C24H30N4O3S.